The number of nitrogens with two attached hydrogens (primary N) is 2. The molecule has 4 heteroatoms. The van der Waals surface area contributed by atoms with Crippen molar-refractivity contribution in [3.05, 3.63) is 36.1 Å². The van der Waals surface area contributed by atoms with E-state index in [1.54, 1.807) is 0 Å². The maximum absolute atomic E-state index is 13.5. The normalized spacial score (nSPS) is 11.3. The molecule has 16 heavy (non-hydrogen) atoms. The van der Waals surface area contributed by atoms with Gasteiger partial charge in [0.1, 0.15) is 5.82 Å². The van der Waals surface area contributed by atoms with Gasteiger partial charge in [-0.1, -0.05) is 18.2 Å². The third kappa shape index (κ3) is 1.10. The van der Waals surface area contributed by atoms with Crippen LogP contribution in [0.15, 0.2) is 30.3 Å². The van der Waals surface area contributed by atoms with E-state index in [0.29, 0.717) is 5.69 Å². The fourth-order valence-corrected chi connectivity index (χ4v) is 3.06. The second-order valence-electron chi connectivity index (χ2n) is 3.66. The summed E-state index contributed by atoms with van der Waals surface area (Å²) in [5, 5.41) is 1.70. The number of rotatable bonds is 0. The fraction of sp³-hybridized carbons (Fsp3) is 0. The second-order valence-corrected chi connectivity index (χ2v) is 4.72. The molecule has 0 unspecified atom stereocenters. The first kappa shape index (κ1) is 9.42. The molecule has 0 fully saturated rings. The van der Waals surface area contributed by atoms with Crippen molar-refractivity contribution in [2.75, 3.05) is 11.5 Å². The van der Waals surface area contributed by atoms with Gasteiger partial charge in [-0.25, -0.2) is 4.39 Å². The lowest BCUT2D eigenvalue weighted by atomic mass is 10.1. The van der Waals surface area contributed by atoms with Gasteiger partial charge >= 0.3 is 0 Å². The number of nitrogen functional groups attached to an aromatic ring is 2. The Bertz CT molecular complexity index is 703. The predicted molar refractivity (Wildman–Crippen MR) is 68.1 cm³/mol. The minimum Gasteiger partial charge on any atom is -0.397 e. The molecule has 0 amide bonds. The average molecular weight is 232 g/mol. The molecule has 0 bridgehead atoms. The summed E-state index contributed by atoms with van der Waals surface area (Å²) in [6, 6.07) is 9.06. The van der Waals surface area contributed by atoms with Crippen molar-refractivity contribution in [3.63, 3.8) is 0 Å². The molecule has 0 atom stereocenters. The average Bonchev–Trinajstić information content (AvgIpc) is 2.66. The van der Waals surface area contributed by atoms with Gasteiger partial charge in [0.05, 0.1) is 16.1 Å². The standard InChI is InChI=1S/C12H9FN2S/c13-7-5-8(14)12-10(11(7)15)6-3-1-2-4-9(6)16-12/h1-5H,14-15H2. The minimum absolute atomic E-state index is 0.182. The lowest BCUT2D eigenvalue weighted by Gasteiger charge is -2.02. The van der Waals surface area contributed by atoms with Crippen molar-refractivity contribution in [1.29, 1.82) is 0 Å². The molecule has 0 aliphatic heterocycles. The Morgan fingerprint density at radius 2 is 1.88 bits per heavy atom. The Morgan fingerprint density at radius 3 is 2.69 bits per heavy atom. The van der Waals surface area contributed by atoms with E-state index in [9.17, 15) is 4.39 Å². The van der Waals surface area contributed by atoms with E-state index in [4.69, 9.17) is 11.5 Å². The molecule has 0 saturated carbocycles. The van der Waals surface area contributed by atoms with E-state index in [1.807, 2.05) is 24.3 Å². The highest BCUT2D eigenvalue weighted by molar-refractivity contribution is 7.26. The Morgan fingerprint density at radius 1 is 1.12 bits per heavy atom. The van der Waals surface area contributed by atoms with Gasteiger partial charge in [-0.05, 0) is 6.07 Å². The monoisotopic (exact) mass is 232 g/mol. The summed E-state index contributed by atoms with van der Waals surface area (Å²) in [4.78, 5) is 0. The highest BCUT2D eigenvalue weighted by Crippen LogP contribution is 2.41. The van der Waals surface area contributed by atoms with Crippen molar-refractivity contribution in [2.45, 2.75) is 0 Å². The van der Waals surface area contributed by atoms with Gasteiger partial charge < -0.3 is 11.5 Å². The first-order chi connectivity index (χ1) is 7.68. The van der Waals surface area contributed by atoms with Crippen LogP contribution in [-0.4, -0.2) is 0 Å². The van der Waals surface area contributed by atoms with Crippen LogP contribution in [0, 0.1) is 5.82 Å². The van der Waals surface area contributed by atoms with E-state index in [-0.39, 0.29) is 5.69 Å². The molecule has 1 aromatic heterocycles. The van der Waals surface area contributed by atoms with Crippen LogP contribution < -0.4 is 11.5 Å². The fourth-order valence-electron chi connectivity index (χ4n) is 1.92. The van der Waals surface area contributed by atoms with Crippen molar-refractivity contribution in [3.8, 4) is 0 Å². The summed E-state index contributed by atoms with van der Waals surface area (Å²) < 4.78 is 15.4. The number of hydrogen-bond acceptors (Lipinski definition) is 3. The topological polar surface area (TPSA) is 52.0 Å². The Hall–Kier alpha value is -1.81. The van der Waals surface area contributed by atoms with Gasteiger partial charge in [-0.15, -0.1) is 11.3 Å². The molecule has 0 spiro atoms. The summed E-state index contributed by atoms with van der Waals surface area (Å²) in [5.41, 5.74) is 12.2. The van der Waals surface area contributed by atoms with Gasteiger partial charge in [-0.2, -0.15) is 0 Å². The highest BCUT2D eigenvalue weighted by Gasteiger charge is 2.13. The number of hydrogen-bond donors (Lipinski definition) is 2. The lowest BCUT2D eigenvalue weighted by molar-refractivity contribution is 0.635. The molecular weight excluding hydrogens is 223 g/mol. The molecule has 1 heterocycles. The molecular formula is C12H9FN2S. The van der Waals surface area contributed by atoms with Crippen LogP contribution in [0.1, 0.15) is 0 Å². The maximum atomic E-state index is 13.5. The Balaban J connectivity index is 2.66. The van der Waals surface area contributed by atoms with E-state index in [2.05, 4.69) is 0 Å². The summed E-state index contributed by atoms with van der Waals surface area (Å²) in [6.45, 7) is 0. The zero-order valence-corrected chi connectivity index (χ0v) is 9.14. The van der Waals surface area contributed by atoms with Crippen LogP contribution in [0.4, 0.5) is 15.8 Å². The van der Waals surface area contributed by atoms with Crippen LogP contribution in [0.2, 0.25) is 0 Å². The quantitative estimate of drug-likeness (QED) is 0.584. The number of fused-ring (bicyclic) bond motifs is 3. The zero-order chi connectivity index (χ0) is 11.3. The molecule has 4 N–H and O–H groups in total. The third-order valence-corrected chi connectivity index (χ3v) is 3.89. The number of thiophene rings is 1. The molecule has 0 saturated heterocycles. The van der Waals surface area contributed by atoms with Gasteiger partial charge in [0.15, 0.2) is 0 Å². The van der Waals surface area contributed by atoms with E-state index < -0.39 is 5.82 Å². The SMILES string of the molecule is Nc1cc(F)c(N)c2c1sc1ccccc12. The van der Waals surface area contributed by atoms with Crippen LogP contribution in [0.25, 0.3) is 20.2 Å². The van der Waals surface area contributed by atoms with Gasteiger partial charge in [0, 0.05) is 21.5 Å². The minimum atomic E-state index is -0.450. The van der Waals surface area contributed by atoms with Crippen LogP contribution in [-0.2, 0) is 0 Å². The zero-order valence-electron chi connectivity index (χ0n) is 8.33. The van der Waals surface area contributed by atoms with Crippen molar-refractivity contribution >= 4 is 42.9 Å². The van der Waals surface area contributed by atoms with Crippen LogP contribution in [0.5, 0.6) is 0 Å². The second kappa shape index (κ2) is 3.09. The number of benzene rings is 2. The van der Waals surface area contributed by atoms with E-state index in [1.165, 1.54) is 17.4 Å². The summed E-state index contributed by atoms with van der Waals surface area (Å²) in [7, 11) is 0. The molecule has 2 aromatic carbocycles. The Labute approximate surface area is 95.3 Å². The van der Waals surface area contributed by atoms with E-state index in [0.717, 1.165) is 20.2 Å². The highest BCUT2D eigenvalue weighted by atomic mass is 32.1. The molecule has 0 radical (unpaired) electrons. The maximum Gasteiger partial charge on any atom is 0.148 e. The van der Waals surface area contributed by atoms with Gasteiger partial charge in [0.25, 0.3) is 0 Å². The lowest BCUT2D eigenvalue weighted by Crippen LogP contribution is -1.94. The first-order valence-electron chi connectivity index (χ1n) is 4.83. The van der Waals surface area contributed by atoms with Gasteiger partial charge in [0.2, 0.25) is 0 Å². The summed E-state index contributed by atoms with van der Waals surface area (Å²) in [6.07, 6.45) is 0. The molecule has 0 aliphatic carbocycles. The largest absolute Gasteiger partial charge is 0.397 e. The molecule has 2 nitrogen and oxygen atoms in total. The first-order valence-corrected chi connectivity index (χ1v) is 5.65. The number of anilines is 2. The third-order valence-electron chi connectivity index (χ3n) is 2.67. The molecule has 3 aromatic rings. The molecule has 3 rings (SSSR count). The Kier molecular flexibility index (Phi) is 1.82. The smallest absolute Gasteiger partial charge is 0.148 e. The van der Waals surface area contributed by atoms with E-state index >= 15 is 0 Å². The summed E-state index contributed by atoms with van der Waals surface area (Å²) in [5.74, 6) is -0.450. The molecule has 80 valence electrons. The number of halogens is 1. The van der Waals surface area contributed by atoms with Gasteiger partial charge in [-0.3, -0.25) is 0 Å². The van der Waals surface area contributed by atoms with Crippen LogP contribution in [0.3, 0.4) is 0 Å². The van der Waals surface area contributed by atoms with Crippen molar-refractivity contribution in [2.24, 2.45) is 0 Å². The van der Waals surface area contributed by atoms with Crippen molar-refractivity contribution < 1.29 is 4.39 Å². The molecule has 0 aliphatic rings. The van der Waals surface area contributed by atoms with Crippen LogP contribution >= 0.6 is 11.3 Å². The van der Waals surface area contributed by atoms with Crippen molar-refractivity contribution in [1.82, 2.24) is 0 Å². The summed E-state index contributed by atoms with van der Waals surface area (Å²) >= 11 is 1.54. The predicted octanol–water partition coefficient (Wildman–Crippen LogP) is 3.36.